The molecular weight excluding hydrogens is 336 g/mol. The molecule has 0 aliphatic rings. The maximum Gasteiger partial charge on any atom is 0.255 e. The molecule has 27 heavy (non-hydrogen) atoms. The number of aryl methyl sites for hydroxylation is 2. The fourth-order valence-electron chi connectivity index (χ4n) is 3.12. The summed E-state index contributed by atoms with van der Waals surface area (Å²) in [5, 5.41) is 2.97. The zero-order valence-corrected chi connectivity index (χ0v) is 15.3. The molecule has 4 aromatic rings. The first-order chi connectivity index (χ1) is 13.1. The van der Waals surface area contributed by atoms with E-state index in [-0.39, 0.29) is 5.91 Å². The summed E-state index contributed by atoms with van der Waals surface area (Å²) >= 11 is 0. The lowest BCUT2D eigenvalue weighted by molar-refractivity contribution is 0.102. The first-order valence-corrected chi connectivity index (χ1v) is 8.90. The number of carbonyl (C=O) groups excluding carboxylic acids is 1. The van der Waals surface area contributed by atoms with Crippen LogP contribution in [-0.4, -0.2) is 10.9 Å². The number of amides is 1. The second-order valence-electron chi connectivity index (χ2n) is 6.72. The van der Waals surface area contributed by atoms with Gasteiger partial charge in [0.05, 0.1) is 0 Å². The Bertz CT molecular complexity index is 1130. The second-order valence-corrected chi connectivity index (χ2v) is 6.72. The van der Waals surface area contributed by atoms with Crippen LogP contribution >= 0.6 is 0 Å². The Hall–Kier alpha value is -3.40. The summed E-state index contributed by atoms with van der Waals surface area (Å²) in [4.78, 5) is 17.1. The molecule has 1 amide bonds. The van der Waals surface area contributed by atoms with Crippen LogP contribution in [0.15, 0.2) is 71.1 Å². The van der Waals surface area contributed by atoms with E-state index in [2.05, 4.69) is 10.3 Å². The minimum absolute atomic E-state index is 0.109. The average Bonchev–Trinajstić information content (AvgIpc) is 3.03. The van der Waals surface area contributed by atoms with Gasteiger partial charge in [-0.1, -0.05) is 36.4 Å². The van der Waals surface area contributed by atoms with Crippen LogP contribution < -0.4 is 5.32 Å². The number of rotatable bonds is 4. The van der Waals surface area contributed by atoms with E-state index in [1.807, 2.05) is 80.6 Å². The lowest BCUT2D eigenvalue weighted by Crippen LogP contribution is -2.13. The Balaban J connectivity index is 1.53. The molecule has 0 bridgehead atoms. The third kappa shape index (κ3) is 3.75. The number of anilines is 1. The predicted molar refractivity (Wildman–Crippen MR) is 107 cm³/mol. The summed E-state index contributed by atoms with van der Waals surface area (Å²) in [6.07, 6.45) is 0.571. The van der Waals surface area contributed by atoms with Gasteiger partial charge >= 0.3 is 0 Å². The zero-order chi connectivity index (χ0) is 18.8. The molecule has 0 aliphatic carbocycles. The first-order valence-electron chi connectivity index (χ1n) is 8.90. The Morgan fingerprint density at radius 2 is 1.85 bits per heavy atom. The van der Waals surface area contributed by atoms with Crippen LogP contribution in [0.3, 0.4) is 0 Å². The molecule has 0 radical (unpaired) electrons. The van der Waals surface area contributed by atoms with Gasteiger partial charge in [-0.15, -0.1) is 0 Å². The molecular formula is C23H20N2O2. The molecule has 0 fully saturated rings. The Labute approximate surface area is 157 Å². The van der Waals surface area contributed by atoms with Crippen molar-refractivity contribution < 1.29 is 9.21 Å². The van der Waals surface area contributed by atoms with E-state index >= 15 is 0 Å². The standard InChI is InChI=1S/C23H20N2O2/c1-15-10-11-21-20(12-15)25-22(27-21)14-17-7-5-8-18(13-17)24-23(26)19-9-4-3-6-16(19)2/h3-13H,14H2,1-2H3,(H,24,26). The zero-order valence-electron chi connectivity index (χ0n) is 15.3. The van der Waals surface area contributed by atoms with Crippen molar-refractivity contribution in [3.05, 3.63) is 94.9 Å². The van der Waals surface area contributed by atoms with Gasteiger partial charge in [0.15, 0.2) is 11.5 Å². The summed E-state index contributed by atoms with van der Waals surface area (Å²) in [6.45, 7) is 3.97. The van der Waals surface area contributed by atoms with Crippen molar-refractivity contribution in [2.75, 3.05) is 5.32 Å². The second kappa shape index (κ2) is 7.08. The number of hydrogen-bond acceptors (Lipinski definition) is 3. The van der Waals surface area contributed by atoms with E-state index in [1.165, 1.54) is 0 Å². The van der Waals surface area contributed by atoms with E-state index in [0.29, 0.717) is 17.9 Å². The molecule has 1 heterocycles. The van der Waals surface area contributed by atoms with E-state index in [1.54, 1.807) is 0 Å². The highest BCUT2D eigenvalue weighted by Crippen LogP contribution is 2.21. The van der Waals surface area contributed by atoms with Crippen LogP contribution in [0.5, 0.6) is 0 Å². The molecule has 3 aromatic carbocycles. The number of carbonyl (C=O) groups is 1. The third-order valence-electron chi connectivity index (χ3n) is 4.52. The molecule has 134 valence electrons. The molecule has 0 unspecified atom stereocenters. The molecule has 0 saturated carbocycles. The van der Waals surface area contributed by atoms with Gasteiger partial charge in [0.2, 0.25) is 0 Å². The van der Waals surface area contributed by atoms with E-state index in [4.69, 9.17) is 4.42 Å². The van der Waals surface area contributed by atoms with Gasteiger partial charge in [-0.2, -0.15) is 0 Å². The van der Waals surface area contributed by atoms with Crippen molar-refractivity contribution >= 4 is 22.7 Å². The van der Waals surface area contributed by atoms with Gasteiger partial charge in [-0.25, -0.2) is 4.98 Å². The largest absolute Gasteiger partial charge is 0.440 e. The van der Waals surface area contributed by atoms with Crippen molar-refractivity contribution in [3.63, 3.8) is 0 Å². The highest BCUT2D eigenvalue weighted by molar-refractivity contribution is 6.05. The van der Waals surface area contributed by atoms with Crippen molar-refractivity contribution in [2.45, 2.75) is 20.3 Å². The molecule has 0 saturated heterocycles. The smallest absolute Gasteiger partial charge is 0.255 e. The summed E-state index contributed by atoms with van der Waals surface area (Å²) in [6, 6.07) is 21.3. The van der Waals surface area contributed by atoms with E-state index in [0.717, 1.165) is 33.5 Å². The topological polar surface area (TPSA) is 55.1 Å². The van der Waals surface area contributed by atoms with Crippen molar-refractivity contribution in [2.24, 2.45) is 0 Å². The van der Waals surface area contributed by atoms with Crippen LogP contribution in [0.25, 0.3) is 11.1 Å². The van der Waals surface area contributed by atoms with Crippen molar-refractivity contribution in [1.82, 2.24) is 4.98 Å². The highest BCUT2D eigenvalue weighted by atomic mass is 16.3. The van der Waals surface area contributed by atoms with Gasteiger partial charge in [0.25, 0.3) is 5.91 Å². The fourth-order valence-corrected chi connectivity index (χ4v) is 3.12. The van der Waals surface area contributed by atoms with Gasteiger partial charge in [0, 0.05) is 17.7 Å². The normalized spacial score (nSPS) is 10.9. The maximum atomic E-state index is 12.5. The Kier molecular flexibility index (Phi) is 4.47. The van der Waals surface area contributed by atoms with Gasteiger partial charge in [-0.3, -0.25) is 4.79 Å². The number of aromatic nitrogens is 1. The van der Waals surface area contributed by atoms with E-state index in [9.17, 15) is 4.79 Å². The van der Waals surface area contributed by atoms with Crippen LogP contribution in [0.1, 0.15) is 32.9 Å². The monoisotopic (exact) mass is 356 g/mol. The maximum absolute atomic E-state index is 12.5. The summed E-state index contributed by atoms with van der Waals surface area (Å²) in [5.41, 5.74) is 6.23. The lowest BCUT2D eigenvalue weighted by Gasteiger charge is -2.08. The molecule has 1 N–H and O–H groups in total. The molecule has 4 heteroatoms. The van der Waals surface area contributed by atoms with Gasteiger partial charge in [0.1, 0.15) is 5.52 Å². The number of hydrogen-bond donors (Lipinski definition) is 1. The predicted octanol–water partition coefficient (Wildman–Crippen LogP) is 5.29. The highest BCUT2D eigenvalue weighted by Gasteiger charge is 2.10. The lowest BCUT2D eigenvalue weighted by atomic mass is 10.1. The van der Waals surface area contributed by atoms with Crippen LogP contribution in [0.2, 0.25) is 0 Å². The molecule has 4 nitrogen and oxygen atoms in total. The summed E-state index contributed by atoms with van der Waals surface area (Å²) in [7, 11) is 0. The Morgan fingerprint density at radius 1 is 1.00 bits per heavy atom. The molecule has 1 aromatic heterocycles. The number of benzene rings is 3. The van der Waals surface area contributed by atoms with Crippen LogP contribution in [0, 0.1) is 13.8 Å². The molecule has 0 spiro atoms. The molecule has 0 aliphatic heterocycles. The van der Waals surface area contributed by atoms with Gasteiger partial charge < -0.3 is 9.73 Å². The minimum atomic E-state index is -0.109. The SMILES string of the molecule is Cc1ccc2oc(Cc3cccc(NC(=O)c4ccccc4C)c3)nc2c1. The quantitative estimate of drug-likeness (QED) is 0.541. The van der Waals surface area contributed by atoms with Crippen LogP contribution in [-0.2, 0) is 6.42 Å². The minimum Gasteiger partial charge on any atom is -0.440 e. The third-order valence-corrected chi connectivity index (χ3v) is 4.52. The van der Waals surface area contributed by atoms with Crippen molar-refractivity contribution in [1.29, 1.82) is 0 Å². The number of nitrogens with one attached hydrogen (secondary N) is 1. The van der Waals surface area contributed by atoms with Gasteiger partial charge in [-0.05, 0) is 60.9 Å². The fraction of sp³-hybridized carbons (Fsp3) is 0.130. The number of nitrogens with zero attached hydrogens (tertiary/aromatic N) is 1. The van der Waals surface area contributed by atoms with Crippen molar-refractivity contribution in [3.8, 4) is 0 Å². The number of fused-ring (bicyclic) bond motifs is 1. The van der Waals surface area contributed by atoms with E-state index < -0.39 is 0 Å². The Morgan fingerprint density at radius 3 is 2.70 bits per heavy atom. The molecule has 4 rings (SSSR count). The summed E-state index contributed by atoms with van der Waals surface area (Å²) < 4.78 is 5.83. The number of oxazole rings is 1. The molecule has 0 atom stereocenters. The average molecular weight is 356 g/mol. The van der Waals surface area contributed by atoms with Crippen LogP contribution in [0.4, 0.5) is 5.69 Å². The summed E-state index contributed by atoms with van der Waals surface area (Å²) in [5.74, 6) is 0.556. The first kappa shape index (κ1) is 17.0.